The Bertz CT molecular complexity index is 3690. The first-order chi connectivity index (χ1) is 28.7. The van der Waals surface area contributed by atoms with Gasteiger partial charge < -0.3 is 4.42 Å². The van der Waals surface area contributed by atoms with Crippen molar-refractivity contribution < 1.29 is 4.42 Å². The minimum Gasteiger partial charge on any atom is -0.455 e. The molecule has 0 radical (unpaired) electrons. The van der Waals surface area contributed by atoms with Gasteiger partial charge in [0.1, 0.15) is 11.2 Å². The second kappa shape index (κ2) is 13.2. The zero-order chi connectivity index (χ0) is 38.2. The molecule has 58 heavy (non-hydrogen) atoms. The second-order valence-electron chi connectivity index (χ2n) is 15.2. The third-order valence-corrected chi connectivity index (χ3v) is 13.1. The van der Waals surface area contributed by atoms with E-state index in [-0.39, 0.29) is 0 Å². The number of furan rings is 1. The molecule has 0 spiro atoms. The van der Waals surface area contributed by atoms with E-state index in [0.717, 1.165) is 11.2 Å². The molecule has 0 saturated carbocycles. The molecule has 12 rings (SSSR count). The average Bonchev–Trinajstić information content (AvgIpc) is 3.86. The van der Waals surface area contributed by atoms with Crippen molar-refractivity contribution in [2.45, 2.75) is 0 Å². The number of hydrogen-bond acceptors (Lipinski definition) is 2. The Hall–Kier alpha value is -7.26. The average molecular weight is 755 g/mol. The van der Waals surface area contributed by atoms with Crippen molar-refractivity contribution in [2.75, 3.05) is 0 Å². The number of thiophene rings is 1. The zero-order valence-corrected chi connectivity index (χ0v) is 32.3. The maximum atomic E-state index is 6.41. The number of hydrogen-bond donors (Lipinski definition) is 0. The van der Waals surface area contributed by atoms with E-state index in [0.29, 0.717) is 0 Å². The van der Waals surface area contributed by atoms with Gasteiger partial charge in [-0.1, -0.05) is 164 Å². The molecule has 0 N–H and O–H groups in total. The minimum atomic E-state index is 0.935. The lowest BCUT2D eigenvalue weighted by Gasteiger charge is -2.12. The van der Waals surface area contributed by atoms with Gasteiger partial charge in [0.05, 0.1) is 0 Å². The van der Waals surface area contributed by atoms with E-state index >= 15 is 0 Å². The predicted molar refractivity (Wildman–Crippen MR) is 251 cm³/mol. The zero-order valence-electron chi connectivity index (χ0n) is 31.4. The monoisotopic (exact) mass is 754 g/mol. The summed E-state index contributed by atoms with van der Waals surface area (Å²) < 4.78 is 9.01. The van der Waals surface area contributed by atoms with Gasteiger partial charge in [0.15, 0.2) is 0 Å². The van der Waals surface area contributed by atoms with Crippen LogP contribution in [0.4, 0.5) is 0 Å². The van der Waals surface area contributed by atoms with Crippen molar-refractivity contribution in [3.05, 3.63) is 206 Å². The lowest BCUT2D eigenvalue weighted by Crippen LogP contribution is -1.85. The van der Waals surface area contributed by atoms with E-state index in [4.69, 9.17) is 4.42 Å². The highest BCUT2D eigenvalue weighted by Gasteiger charge is 2.16. The van der Waals surface area contributed by atoms with Crippen molar-refractivity contribution in [1.29, 1.82) is 0 Å². The molecule has 1 nitrogen and oxygen atoms in total. The summed E-state index contributed by atoms with van der Waals surface area (Å²) in [5.41, 5.74) is 9.17. The van der Waals surface area contributed by atoms with E-state index in [2.05, 4.69) is 200 Å². The first-order valence-electron chi connectivity index (χ1n) is 19.8. The van der Waals surface area contributed by atoms with Crippen LogP contribution in [0.25, 0.3) is 119 Å². The smallest absolute Gasteiger partial charge is 0.143 e. The molecule has 10 aromatic carbocycles. The molecular formula is C56H34OS. The fourth-order valence-corrected chi connectivity index (χ4v) is 10.3. The van der Waals surface area contributed by atoms with Crippen LogP contribution in [0.2, 0.25) is 0 Å². The largest absolute Gasteiger partial charge is 0.455 e. The van der Waals surface area contributed by atoms with Crippen LogP contribution in [0, 0.1) is 0 Å². The normalized spacial score (nSPS) is 11.8. The molecule has 2 aromatic heterocycles. The fourth-order valence-electron chi connectivity index (χ4n) is 9.11. The van der Waals surface area contributed by atoms with Crippen molar-refractivity contribution >= 4 is 96.5 Å². The Morgan fingerprint density at radius 1 is 0.293 bits per heavy atom. The van der Waals surface area contributed by atoms with Crippen LogP contribution in [0.5, 0.6) is 0 Å². The molecule has 270 valence electrons. The predicted octanol–water partition coefficient (Wildman–Crippen LogP) is 16.7. The quantitative estimate of drug-likeness (QED) is 0.175. The van der Waals surface area contributed by atoms with E-state index in [9.17, 15) is 0 Å². The summed E-state index contributed by atoms with van der Waals surface area (Å²) in [5, 5.41) is 14.7. The maximum Gasteiger partial charge on any atom is 0.143 e. The summed E-state index contributed by atoms with van der Waals surface area (Å²) in [6, 6.07) is 75.3. The van der Waals surface area contributed by atoms with Crippen LogP contribution in [0.1, 0.15) is 0 Å². The van der Waals surface area contributed by atoms with Crippen LogP contribution in [-0.4, -0.2) is 0 Å². The second-order valence-corrected chi connectivity index (χ2v) is 16.2. The van der Waals surface area contributed by atoms with Crippen molar-refractivity contribution in [1.82, 2.24) is 0 Å². The number of fused-ring (bicyclic) bond motifs is 12. The Labute approximate surface area is 339 Å². The van der Waals surface area contributed by atoms with Gasteiger partial charge >= 0.3 is 0 Å². The van der Waals surface area contributed by atoms with Crippen molar-refractivity contribution in [2.24, 2.45) is 0 Å². The summed E-state index contributed by atoms with van der Waals surface area (Å²) in [7, 11) is 0. The van der Waals surface area contributed by atoms with Gasteiger partial charge in [0.25, 0.3) is 0 Å². The lowest BCUT2D eigenvalue weighted by atomic mass is 9.92. The van der Waals surface area contributed by atoms with E-state index in [1.807, 2.05) is 17.4 Å². The van der Waals surface area contributed by atoms with Crippen molar-refractivity contribution in [3.8, 4) is 33.4 Å². The van der Waals surface area contributed by atoms with Gasteiger partial charge in [-0.25, -0.2) is 0 Å². The molecule has 0 saturated heterocycles. The Morgan fingerprint density at radius 2 is 0.828 bits per heavy atom. The Morgan fingerprint density at radius 3 is 1.66 bits per heavy atom. The highest BCUT2D eigenvalue weighted by molar-refractivity contribution is 7.26. The highest BCUT2D eigenvalue weighted by atomic mass is 32.1. The summed E-state index contributed by atoms with van der Waals surface area (Å²) in [4.78, 5) is 0. The molecule has 2 heteroatoms. The van der Waals surface area contributed by atoms with E-state index in [1.165, 1.54) is 107 Å². The minimum absolute atomic E-state index is 0.935. The third kappa shape index (κ3) is 5.23. The maximum absolute atomic E-state index is 6.41. The number of rotatable bonds is 3. The molecule has 2 heterocycles. The van der Waals surface area contributed by atoms with E-state index < -0.39 is 0 Å². The topological polar surface area (TPSA) is 13.1 Å². The number of benzene rings is 9. The van der Waals surface area contributed by atoms with Crippen molar-refractivity contribution in [3.63, 3.8) is 0 Å². The first-order valence-corrected chi connectivity index (χ1v) is 20.6. The molecule has 0 fully saturated rings. The SMILES string of the molecule is c1cccc(-c2cccc3ccccc23)c2ccccc2c(-c2ccc3cc(-c4ccc5sc6c(ccc7c6ccc6c8ccccc8oc67)c5c4)ccc3c2)cc1. The van der Waals surface area contributed by atoms with Crippen LogP contribution in [-0.2, 0) is 0 Å². The molecule has 0 amide bonds. The third-order valence-electron chi connectivity index (χ3n) is 11.9. The molecule has 0 aliphatic carbocycles. The summed E-state index contributed by atoms with van der Waals surface area (Å²) in [5.74, 6) is 0. The molecule has 12 aromatic rings. The van der Waals surface area contributed by atoms with Gasteiger partial charge in [0.2, 0.25) is 0 Å². The van der Waals surface area contributed by atoms with Crippen LogP contribution in [0.15, 0.2) is 211 Å². The van der Waals surface area contributed by atoms with Gasteiger partial charge in [-0.15, -0.1) is 11.3 Å². The van der Waals surface area contributed by atoms with Crippen LogP contribution in [0.3, 0.4) is 0 Å². The summed E-state index contributed by atoms with van der Waals surface area (Å²) in [6.45, 7) is 0. The molecule has 0 atom stereocenters. The molecule has 0 unspecified atom stereocenters. The first kappa shape index (κ1) is 32.9. The Balaban J connectivity index is 0.962. The Kier molecular flexibility index (Phi) is 7.47. The summed E-state index contributed by atoms with van der Waals surface area (Å²) in [6.07, 6.45) is 0. The lowest BCUT2D eigenvalue weighted by molar-refractivity contribution is 0.672. The van der Waals surface area contributed by atoms with Gasteiger partial charge in [0, 0.05) is 41.7 Å². The highest BCUT2D eigenvalue weighted by Crippen LogP contribution is 2.44. The fraction of sp³-hybridized carbons (Fsp3) is 0. The standard InChI is InChI=1S/C56H34OS/c1-2-4-16-45(44-20-11-13-35-12-5-6-15-41(35)44)46-18-8-7-17-43(46)42(14-3-1)40-25-24-36-32-37(22-23-38(36)33-40)39-26-31-54-52(34-39)51-30-28-49-50(56(51)58-54)29-27-48-47-19-9-10-21-53(47)57-55(48)49/h1-34H. The summed E-state index contributed by atoms with van der Waals surface area (Å²) >= 11 is 1.87. The molecular weight excluding hydrogens is 721 g/mol. The molecule has 0 aliphatic heterocycles. The molecule has 0 aliphatic rings. The van der Waals surface area contributed by atoms with Gasteiger partial charge in [-0.2, -0.15) is 0 Å². The molecule has 0 bridgehead atoms. The number of para-hydroxylation sites is 1. The van der Waals surface area contributed by atoms with E-state index in [1.54, 1.807) is 0 Å². The van der Waals surface area contributed by atoms with Crippen LogP contribution < -0.4 is 0 Å². The van der Waals surface area contributed by atoms with Gasteiger partial charge in [-0.3, -0.25) is 0 Å². The van der Waals surface area contributed by atoms with Gasteiger partial charge in [-0.05, 0) is 108 Å². The van der Waals surface area contributed by atoms with Crippen LogP contribution >= 0.6 is 11.3 Å².